The second kappa shape index (κ2) is 5.10. The maximum atomic E-state index is 5.59. The molecule has 1 heterocycles. The molecule has 2 N–H and O–H groups in total. The first-order valence-electron chi connectivity index (χ1n) is 4.72. The predicted octanol–water partition coefficient (Wildman–Crippen LogP) is 1.02. The zero-order valence-electron chi connectivity index (χ0n) is 8.12. The van der Waals surface area contributed by atoms with Crippen molar-refractivity contribution in [2.45, 2.75) is 19.4 Å². The molecule has 1 aliphatic rings. The summed E-state index contributed by atoms with van der Waals surface area (Å²) >= 11 is 2.07. The largest absolute Gasteiger partial charge is 0.330 e. The van der Waals surface area contributed by atoms with Crippen LogP contribution in [0.4, 0.5) is 0 Å². The molecule has 0 radical (unpaired) electrons. The molecular formula is C9H20N2S. The maximum Gasteiger partial charge on any atom is 0.0191 e. The van der Waals surface area contributed by atoms with Gasteiger partial charge in [0.15, 0.2) is 0 Å². The fourth-order valence-corrected chi connectivity index (χ4v) is 2.88. The van der Waals surface area contributed by atoms with Gasteiger partial charge in [-0.25, -0.2) is 0 Å². The second-order valence-corrected chi connectivity index (χ2v) is 4.95. The van der Waals surface area contributed by atoms with Crippen LogP contribution in [-0.2, 0) is 0 Å². The van der Waals surface area contributed by atoms with Crippen LogP contribution in [0.2, 0.25) is 0 Å². The van der Waals surface area contributed by atoms with Crippen LogP contribution in [0, 0.1) is 5.92 Å². The Morgan fingerprint density at radius 1 is 1.67 bits per heavy atom. The first kappa shape index (κ1) is 10.4. The highest BCUT2D eigenvalue weighted by molar-refractivity contribution is 7.99. The molecule has 2 nitrogen and oxygen atoms in total. The summed E-state index contributed by atoms with van der Waals surface area (Å²) < 4.78 is 0. The van der Waals surface area contributed by atoms with Crippen LogP contribution < -0.4 is 5.73 Å². The first-order chi connectivity index (χ1) is 5.74. The average Bonchev–Trinajstić information content (AvgIpc) is 2.56. The molecule has 0 spiro atoms. The molecule has 1 aliphatic heterocycles. The van der Waals surface area contributed by atoms with Crippen molar-refractivity contribution in [3.05, 3.63) is 0 Å². The minimum atomic E-state index is 0.639. The Hall–Kier alpha value is 0.270. The van der Waals surface area contributed by atoms with Crippen molar-refractivity contribution in [1.29, 1.82) is 0 Å². The Kier molecular flexibility index (Phi) is 4.40. The standard InChI is InChI=1S/C9H20N2S/c1-8(5-10)6-11(2)9-3-4-12-7-9/h8-9H,3-7,10H2,1-2H3. The summed E-state index contributed by atoms with van der Waals surface area (Å²) in [6, 6.07) is 0.809. The minimum Gasteiger partial charge on any atom is -0.330 e. The molecule has 1 saturated heterocycles. The summed E-state index contributed by atoms with van der Waals surface area (Å²) in [6.07, 6.45) is 1.36. The number of thioether (sulfide) groups is 1. The summed E-state index contributed by atoms with van der Waals surface area (Å²) in [6.45, 7) is 4.19. The Morgan fingerprint density at radius 2 is 2.42 bits per heavy atom. The van der Waals surface area contributed by atoms with Crippen molar-refractivity contribution < 1.29 is 0 Å². The van der Waals surface area contributed by atoms with Gasteiger partial charge in [0, 0.05) is 18.3 Å². The third kappa shape index (κ3) is 2.96. The van der Waals surface area contributed by atoms with Crippen LogP contribution in [0.1, 0.15) is 13.3 Å². The highest BCUT2D eigenvalue weighted by Gasteiger charge is 2.20. The maximum absolute atomic E-state index is 5.59. The molecule has 0 aromatic heterocycles. The Bertz CT molecular complexity index is 124. The number of nitrogens with two attached hydrogens (primary N) is 1. The van der Waals surface area contributed by atoms with Crippen molar-refractivity contribution in [3.63, 3.8) is 0 Å². The molecule has 0 aliphatic carbocycles. The summed E-state index contributed by atoms with van der Waals surface area (Å²) in [5.74, 6) is 3.29. The molecule has 1 fully saturated rings. The van der Waals surface area contributed by atoms with Crippen LogP contribution in [0.15, 0.2) is 0 Å². The van der Waals surface area contributed by atoms with E-state index in [0.29, 0.717) is 5.92 Å². The lowest BCUT2D eigenvalue weighted by molar-refractivity contribution is 0.230. The topological polar surface area (TPSA) is 29.3 Å². The van der Waals surface area contributed by atoms with E-state index in [0.717, 1.165) is 19.1 Å². The first-order valence-corrected chi connectivity index (χ1v) is 5.87. The third-order valence-electron chi connectivity index (χ3n) is 2.53. The van der Waals surface area contributed by atoms with E-state index in [4.69, 9.17) is 5.73 Å². The normalized spacial score (nSPS) is 26.5. The summed E-state index contributed by atoms with van der Waals surface area (Å²) in [5, 5.41) is 0. The molecule has 3 heteroatoms. The molecule has 0 saturated carbocycles. The number of rotatable bonds is 4. The van der Waals surface area contributed by atoms with Gasteiger partial charge in [0.1, 0.15) is 0 Å². The van der Waals surface area contributed by atoms with Gasteiger partial charge in [-0.2, -0.15) is 11.8 Å². The quantitative estimate of drug-likeness (QED) is 0.714. The Labute approximate surface area is 79.9 Å². The molecule has 2 atom stereocenters. The fourth-order valence-electron chi connectivity index (χ4n) is 1.58. The molecule has 12 heavy (non-hydrogen) atoms. The molecule has 0 amide bonds. The monoisotopic (exact) mass is 188 g/mol. The number of hydrogen-bond acceptors (Lipinski definition) is 3. The highest BCUT2D eigenvalue weighted by Crippen LogP contribution is 2.21. The zero-order valence-corrected chi connectivity index (χ0v) is 8.94. The Morgan fingerprint density at radius 3 is 2.92 bits per heavy atom. The van der Waals surface area contributed by atoms with Gasteiger partial charge in [0.05, 0.1) is 0 Å². The van der Waals surface area contributed by atoms with Crippen LogP contribution in [-0.4, -0.2) is 42.6 Å². The molecule has 0 bridgehead atoms. The van der Waals surface area contributed by atoms with Crippen molar-refractivity contribution in [2.75, 3.05) is 31.6 Å². The SMILES string of the molecule is CC(CN)CN(C)C1CCSC1. The van der Waals surface area contributed by atoms with E-state index in [1.54, 1.807) is 0 Å². The van der Waals surface area contributed by atoms with Crippen LogP contribution in [0.3, 0.4) is 0 Å². The average molecular weight is 188 g/mol. The number of nitrogens with zero attached hydrogens (tertiary/aromatic N) is 1. The van der Waals surface area contributed by atoms with Gasteiger partial charge in [-0.05, 0) is 31.7 Å². The van der Waals surface area contributed by atoms with Gasteiger partial charge in [-0.1, -0.05) is 6.92 Å². The van der Waals surface area contributed by atoms with Gasteiger partial charge in [0.2, 0.25) is 0 Å². The summed E-state index contributed by atoms with van der Waals surface area (Å²) in [4.78, 5) is 2.47. The van der Waals surface area contributed by atoms with E-state index in [1.807, 2.05) is 0 Å². The lowest BCUT2D eigenvalue weighted by Gasteiger charge is -2.25. The Balaban J connectivity index is 2.21. The van der Waals surface area contributed by atoms with E-state index < -0.39 is 0 Å². The van der Waals surface area contributed by atoms with Crippen LogP contribution in [0.25, 0.3) is 0 Å². The molecule has 2 unspecified atom stereocenters. The van der Waals surface area contributed by atoms with Crippen molar-refractivity contribution in [1.82, 2.24) is 4.90 Å². The summed E-state index contributed by atoms with van der Waals surface area (Å²) in [5.41, 5.74) is 5.59. The van der Waals surface area contributed by atoms with Crippen molar-refractivity contribution >= 4 is 11.8 Å². The van der Waals surface area contributed by atoms with Gasteiger partial charge in [0.25, 0.3) is 0 Å². The van der Waals surface area contributed by atoms with E-state index in [2.05, 4.69) is 30.6 Å². The lowest BCUT2D eigenvalue weighted by atomic mass is 10.1. The van der Waals surface area contributed by atoms with Crippen molar-refractivity contribution in [3.8, 4) is 0 Å². The van der Waals surface area contributed by atoms with Crippen molar-refractivity contribution in [2.24, 2.45) is 11.7 Å². The van der Waals surface area contributed by atoms with Gasteiger partial charge >= 0.3 is 0 Å². The van der Waals surface area contributed by atoms with E-state index in [1.165, 1.54) is 17.9 Å². The van der Waals surface area contributed by atoms with Gasteiger partial charge in [-0.15, -0.1) is 0 Å². The zero-order chi connectivity index (χ0) is 8.97. The minimum absolute atomic E-state index is 0.639. The molecule has 0 aromatic rings. The highest BCUT2D eigenvalue weighted by atomic mass is 32.2. The van der Waals surface area contributed by atoms with E-state index >= 15 is 0 Å². The van der Waals surface area contributed by atoms with Crippen LogP contribution >= 0.6 is 11.8 Å². The van der Waals surface area contributed by atoms with E-state index in [9.17, 15) is 0 Å². The lowest BCUT2D eigenvalue weighted by Crippen LogP contribution is -2.36. The van der Waals surface area contributed by atoms with Crippen LogP contribution in [0.5, 0.6) is 0 Å². The summed E-state index contributed by atoms with van der Waals surface area (Å²) in [7, 11) is 2.22. The molecule has 72 valence electrons. The smallest absolute Gasteiger partial charge is 0.0191 e. The van der Waals surface area contributed by atoms with E-state index in [-0.39, 0.29) is 0 Å². The second-order valence-electron chi connectivity index (χ2n) is 3.80. The fraction of sp³-hybridized carbons (Fsp3) is 1.00. The molecular weight excluding hydrogens is 168 g/mol. The molecule has 1 rings (SSSR count). The third-order valence-corrected chi connectivity index (χ3v) is 3.68. The predicted molar refractivity (Wildman–Crippen MR) is 56.6 cm³/mol. The number of hydrogen-bond donors (Lipinski definition) is 1. The molecule has 0 aromatic carbocycles. The van der Waals surface area contributed by atoms with Gasteiger partial charge in [-0.3, -0.25) is 0 Å². The van der Waals surface area contributed by atoms with Gasteiger partial charge < -0.3 is 10.6 Å².